The molecule has 0 heterocycles. The average Bonchev–Trinajstić information content (AvgIpc) is 3.06. The Morgan fingerprint density at radius 1 is 0.489 bits per heavy atom. The van der Waals surface area contributed by atoms with Gasteiger partial charge in [-0.2, -0.15) is 0 Å². The van der Waals surface area contributed by atoms with Crippen LogP contribution >= 0.6 is 0 Å². The van der Waals surface area contributed by atoms with Crippen molar-refractivity contribution in [2.24, 2.45) is 0 Å². The molecule has 0 aliphatic rings. The zero-order valence-electron chi connectivity index (χ0n) is 29.9. The van der Waals surface area contributed by atoms with E-state index in [1.807, 2.05) is 0 Å². The molecule has 1 heteroatoms. The van der Waals surface area contributed by atoms with Crippen LogP contribution in [0.3, 0.4) is 0 Å². The molecular formula is C44H68O. The minimum Gasteiger partial charge on any atom is -0.492 e. The molecule has 2 aromatic rings. The molecule has 0 aliphatic heterocycles. The number of hydrogen-bond donors (Lipinski definition) is 0. The molecule has 2 rings (SSSR count). The molecule has 2 aromatic carbocycles. The summed E-state index contributed by atoms with van der Waals surface area (Å²) in [6, 6.07) is 10.9. The highest BCUT2D eigenvalue weighted by Crippen LogP contribution is 2.33. The van der Waals surface area contributed by atoms with E-state index in [1.54, 1.807) is 0 Å². The monoisotopic (exact) mass is 613 g/mol. The zero-order chi connectivity index (χ0) is 32.0. The molecule has 0 fully saturated rings. The smallest absolute Gasteiger partial charge is 0.143 e. The van der Waals surface area contributed by atoms with Gasteiger partial charge in [-0.15, -0.1) is 0 Å². The second-order valence-electron chi connectivity index (χ2n) is 13.2. The van der Waals surface area contributed by atoms with Crippen LogP contribution < -0.4 is 4.74 Å². The summed E-state index contributed by atoms with van der Waals surface area (Å²) in [6.45, 7) is 7.61. The molecule has 0 saturated heterocycles. The van der Waals surface area contributed by atoms with Gasteiger partial charge >= 0.3 is 0 Å². The van der Waals surface area contributed by atoms with Gasteiger partial charge in [-0.3, -0.25) is 0 Å². The highest BCUT2D eigenvalue weighted by molar-refractivity contribution is 5.92. The molecule has 0 N–H and O–H groups in total. The molecule has 0 unspecified atom stereocenters. The minimum atomic E-state index is 0.751. The quantitative estimate of drug-likeness (QED) is 0.0758. The first-order valence-corrected chi connectivity index (χ1v) is 19.5. The topological polar surface area (TPSA) is 9.23 Å². The van der Waals surface area contributed by atoms with Gasteiger partial charge < -0.3 is 4.74 Å². The Kier molecular flexibility index (Phi) is 24.0. The second-order valence-corrected chi connectivity index (χ2v) is 13.2. The van der Waals surface area contributed by atoms with Crippen LogP contribution in [-0.4, -0.2) is 6.61 Å². The lowest BCUT2D eigenvalue weighted by Gasteiger charge is -2.14. The van der Waals surface area contributed by atoms with Crippen molar-refractivity contribution < 1.29 is 4.74 Å². The normalized spacial score (nSPS) is 10.8. The molecule has 0 saturated carbocycles. The Bertz CT molecular complexity index is 1120. The van der Waals surface area contributed by atoms with E-state index in [0.717, 1.165) is 42.7 Å². The minimum absolute atomic E-state index is 0.751. The van der Waals surface area contributed by atoms with Crippen LogP contribution in [0.1, 0.15) is 199 Å². The van der Waals surface area contributed by atoms with Crippen molar-refractivity contribution in [3.8, 4) is 29.4 Å². The third kappa shape index (κ3) is 18.4. The first kappa shape index (κ1) is 38.8. The van der Waals surface area contributed by atoms with Gasteiger partial charge in [0.2, 0.25) is 0 Å². The lowest BCUT2D eigenvalue weighted by molar-refractivity contribution is 0.307. The molecule has 0 atom stereocenters. The molecular weight excluding hydrogens is 544 g/mol. The number of hydrogen-bond acceptors (Lipinski definition) is 1. The van der Waals surface area contributed by atoms with Crippen molar-refractivity contribution in [3.05, 3.63) is 41.5 Å². The van der Waals surface area contributed by atoms with Crippen molar-refractivity contribution in [2.45, 2.75) is 188 Å². The van der Waals surface area contributed by atoms with Crippen molar-refractivity contribution in [1.29, 1.82) is 0 Å². The summed E-state index contributed by atoms with van der Waals surface area (Å²) in [5.74, 6) is 15.1. The second kappa shape index (κ2) is 27.9. The van der Waals surface area contributed by atoms with Crippen molar-refractivity contribution in [1.82, 2.24) is 0 Å². The van der Waals surface area contributed by atoms with E-state index in [2.05, 4.69) is 74.8 Å². The summed E-state index contributed by atoms with van der Waals surface area (Å²) < 4.78 is 6.61. The average molecular weight is 613 g/mol. The summed E-state index contributed by atoms with van der Waals surface area (Å²) in [5.41, 5.74) is 2.05. The van der Waals surface area contributed by atoms with E-state index in [-0.39, 0.29) is 0 Å². The van der Waals surface area contributed by atoms with Crippen molar-refractivity contribution in [3.63, 3.8) is 0 Å². The van der Waals surface area contributed by atoms with Gasteiger partial charge in [0.25, 0.3) is 0 Å². The number of rotatable bonds is 26. The highest BCUT2D eigenvalue weighted by atomic mass is 16.5. The fourth-order valence-electron chi connectivity index (χ4n) is 6.10. The van der Waals surface area contributed by atoms with E-state index < -0.39 is 0 Å². The maximum atomic E-state index is 6.61. The fourth-order valence-corrected chi connectivity index (χ4v) is 6.10. The molecule has 1 nitrogen and oxygen atoms in total. The summed E-state index contributed by atoms with van der Waals surface area (Å²) in [5, 5.41) is 2.37. The fraction of sp³-hybridized carbons (Fsp3) is 0.682. The molecule has 45 heavy (non-hydrogen) atoms. The number of unbranched alkanes of at least 4 members (excludes halogenated alkanes) is 23. The number of ether oxygens (including phenoxy) is 1. The van der Waals surface area contributed by atoms with E-state index >= 15 is 0 Å². The number of benzene rings is 2. The lowest BCUT2D eigenvalue weighted by Crippen LogP contribution is -2.02. The van der Waals surface area contributed by atoms with Crippen LogP contribution in [0.2, 0.25) is 0 Å². The molecule has 250 valence electrons. The standard InChI is InChI=1S/C44H68O/c1-4-7-10-13-16-19-21-23-26-29-34-40-39-41-35-31-32-37-43(41)44(45-38-33-28-25-18-15-12-9-6-3)42(40)36-30-27-24-22-20-17-14-11-8-5-2/h31-32,35,37,39H,4-28,33,38H2,1-3H3. The summed E-state index contributed by atoms with van der Waals surface area (Å²) in [4.78, 5) is 0. The van der Waals surface area contributed by atoms with Gasteiger partial charge in [0, 0.05) is 23.8 Å². The zero-order valence-corrected chi connectivity index (χ0v) is 29.9. The van der Waals surface area contributed by atoms with Crippen molar-refractivity contribution >= 4 is 10.8 Å². The van der Waals surface area contributed by atoms with Gasteiger partial charge in [0.15, 0.2) is 0 Å². The Hall–Kier alpha value is -2.38. The summed E-state index contributed by atoms with van der Waals surface area (Å²) in [6.07, 6.45) is 33.7. The SMILES string of the molecule is CCCCCCCCCCC#Cc1cc2ccccc2c(OCCCCCCCCCC)c1C#CCCCCCCCCCC. The maximum absolute atomic E-state index is 6.61. The first-order valence-electron chi connectivity index (χ1n) is 19.5. The van der Waals surface area contributed by atoms with Crippen LogP contribution in [0.15, 0.2) is 30.3 Å². The molecule has 0 bridgehead atoms. The molecule has 0 aromatic heterocycles. The third-order valence-electron chi connectivity index (χ3n) is 8.99. The Balaban J connectivity index is 2.06. The van der Waals surface area contributed by atoms with E-state index in [0.29, 0.717) is 0 Å². The van der Waals surface area contributed by atoms with Gasteiger partial charge in [-0.1, -0.05) is 204 Å². The van der Waals surface area contributed by atoms with Gasteiger partial charge in [0.05, 0.1) is 12.2 Å². The van der Waals surface area contributed by atoms with Crippen molar-refractivity contribution in [2.75, 3.05) is 6.61 Å². The van der Waals surface area contributed by atoms with Crippen LogP contribution in [-0.2, 0) is 0 Å². The van der Waals surface area contributed by atoms with E-state index in [9.17, 15) is 0 Å². The molecule has 0 spiro atoms. The van der Waals surface area contributed by atoms with Gasteiger partial charge in [-0.25, -0.2) is 0 Å². The third-order valence-corrected chi connectivity index (χ3v) is 8.99. The molecule has 0 radical (unpaired) electrons. The number of fused-ring (bicyclic) bond motifs is 1. The first-order chi connectivity index (χ1) is 22.3. The molecule has 0 amide bonds. The Morgan fingerprint density at radius 2 is 0.933 bits per heavy atom. The maximum Gasteiger partial charge on any atom is 0.143 e. The van der Waals surface area contributed by atoms with Crippen LogP contribution in [0.25, 0.3) is 10.8 Å². The van der Waals surface area contributed by atoms with Gasteiger partial charge in [-0.05, 0) is 30.7 Å². The lowest BCUT2D eigenvalue weighted by atomic mass is 9.99. The van der Waals surface area contributed by atoms with E-state index in [4.69, 9.17) is 4.74 Å². The predicted octanol–water partition coefficient (Wildman–Crippen LogP) is 14.1. The van der Waals surface area contributed by atoms with Crippen LogP contribution in [0, 0.1) is 23.7 Å². The summed E-state index contributed by atoms with van der Waals surface area (Å²) >= 11 is 0. The molecule has 0 aliphatic carbocycles. The predicted molar refractivity (Wildman–Crippen MR) is 200 cm³/mol. The summed E-state index contributed by atoms with van der Waals surface area (Å²) in [7, 11) is 0. The van der Waals surface area contributed by atoms with Gasteiger partial charge in [0.1, 0.15) is 5.75 Å². The van der Waals surface area contributed by atoms with Crippen LogP contribution in [0.5, 0.6) is 5.75 Å². The Labute approximate surface area is 280 Å². The largest absolute Gasteiger partial charge is 0.492 e. The van der Waals surface area contributed by atoms with Crippen LogP contribution in [0.4, 0.5) is 0 Å². The Morgan fingerprint density at radius 3 is 1.47 bits per heavy atom. The highest BCUT2D eigenvalue weighted by Gasteiger charge is 2.13. The van der Waals surface area contributed by atoms with E-state index in [1.165, 1.54) is 158 Å².